The van der Waals surface area contributed by atoms with Crippen LogP contribution in [0.5, 0.6) is 0 Å². The number of hydrogen-bond acceptors (Lipinski definition) is 6. The molecule has 28 heavy (non-hydrogen) atoms. The van der Waals surface area contributed by atoms with E-state index in [4.69, 9.17) is 18.9 Å². The predicted molar refractivity (Wildman–Crippen MR) is 115 cm³/mol. The molecule has 0 atom stereocenters. The van der Waals surface area contributed by atoms with Gasteiger partial charge in [-0.25, -0.2) is 4.79 Å². The van der Waals surface area contributed by atoms with Crippen LogP contribution in [0.25, 0.3) is 0 Å². The molecule has 0 aliphatic carbocycles. The van der Waals surface area contributed by atoms with E-state index in [9.17, 15) is 9.59 Å². The van der Waals surface area contributed by atoms with Gasteiger partial charge in [0.2, 0.25) is 0 Å². The van der Waals surface area contributed by atoms with E-state index < -0.39 is 0 Å². The van der Waals surface area contributed by atoms with E-state index in [1.807, 2.05) is 41.5 Å². The van der Waals surface area contributed by atoms with Crippen molar-refractivity contribution in [1.82, 2.24) is 10.6 Å². The number of nitrogens with one attached hydrogen (secondary N) is 2. The molecule has 0 radical (unpaired) electrons. The number of urea groups is 1. The van der Waals surface area contributed by atoms with Gasteiger partial charge in [-0.3, -0.25) is 4.79 Å². The number of hydrogen-bond donors (Lipinski definition) is 2. The molecule has 0 aliphatic heterocycles. The Morgan fingerprint density at radius 1 is 0.750 bits per heavy atom. The lowest BCUT2D eigenvalue weighted by Gasteiger charge is -2.10. The first-order valence-corrected chi connectivity index (χ1v) is 10.3. The van der Waals surface area contributed by atoms with E-state index in [0.717, 1.165) is 0 Å². The topological polar surface area (TPSA) is 95.1 Å². The monoisotopic (exact) mass is 410 g/mol. The normalized spacial score (nSPS) is 10.6. The molecule has 0 rings (SSSR count). The molecule has 0 aliphatic rings. The summed E-state index contributed by atoms with van der Waals surface area (Å²) in [6.07, 6.45) is 0.638. The minimum atomic E-state index is -0.251. The Hall–Kier alpha value is -1.22. The SMILES string of the molecule is CC.CC(C)OCCOCCNC(=O)NCCOCCOCCC(=O)C(C)C.[HH].[HH]. The molecule has 0 aromatic carbocycles. The Bertz CT molecular complexity index is 375. The predicted octanol–water partition coefficient (Wildman–Crippen LogP) is 2.89. The van der Waals surface area contributed by atoms with Gasteiger partial charge in [-0.1, -0.05) is 27.7 Å². The molecule has 0 unspecified atom stereocenters. The summed E-state index contributed by atoms with van der Waals surface area (Å²) in [5.41, 5.74) is 0. The summed E-state index contributed by atoms with van der Waals surface area (Å²) in [7, 11) is 0. The summed E-state index contributed by atoms with van der Waals surface area (Å²) < 4.78 is 21.3. The van der Waals surface area contributed by atoms with E-state index in [0.29, 0.717) is 65.8 Å². The molecule has 0 heterocycles. The summed E-state index contributed by atoms with van der Waals surface area (Å²) in [6.45, 7) is 15.8. The smallest absolute Gasteiger partial charge is 0.314 e. The molecular weight excluding hydrogens is 364 g/mol. The third-order valence-electron chi connectivity index (χ3n) is 3.25. The van der Waals surface area contributed by atoms with Crippen molar-refractivity contribution in [2.45, 2.75) is 54.1 Å². The number of carbonyl (C=O) groups is 2. The van der Waals surface area contributed by atoms with Crippen molar-refractivity contribution in [3.8, 4) is 0 Å². The zero-order valence-corrected chi connectivity index (χ0v) is 18.7. The number of ether oxygens (including phenoxy) is 4. The summed E-state index contributed by atoms with van der Waals surface area (Å²) in [5, 5.41) is 5.38. The van der Waals surface area contributed by atoms with E-state index >= 15 is 0 Å². The fraction of sp³-hybridized carbons (Fsp3) is 0.900. The van der Waals surface area contributed by atoms with Gasteiger partial charge in [0, 0.05) is 28.3 Å². The lowest BCUT2D eigenvalue weighted by molar-refractivity contribution is -0.123. The number of ketones is 1. The lowest BCUT2D eigenvalue weighted by Crippen LogP contribution is -2.39. The van der Waals surface area contributed by atoms with Gasteiger partial charge in [0.1, 0.15) is 5.78 Å². The van der Waals surface area contributed by atoms with Gasteiger partial charge in [-0.2, -0.15) is 0 Å². The summed E-state index contributed by atoms with van der Waals surface area (Å²) in [5.74, 6) is 0.257. The summed E-state index contributed by atoms with van der Waals surface area (Å²) in [4.78, 5) is 22.9. The van der Waals surface area contributed by atoms with Gasteiger partial charge in [-0.15, -0.1) is 0 Å². The average molecular weight is 411 g/mol. The number of rotatable bonds is 17. The van der Waals surface area contributed by atoms with Crippen LogP contribution in [0.1, 0.15) is 50.8 Å². The molecule has 172 valence electrons. The van der Waals surface area contributed by atoms with Crippen LogP contribution >= 0.6 is 0 Å². The Labute approximate surface area is 174 Å². The highest BCUT2D eigenvalue weighted by Gasteiger charge is 2.06. The van der Waals surface area contributed by atoms with Crippen LogP contribution in [0.2, 0.25) is 0 Å². The maximum absolute atomic E-state index is 11.5. The van der Waals surface area contributed by atoms with Gasteiger partial charge in [0.05, 0.1) is 52.4 Å². The van der Waals surface area contributed by atoms with Crippen LogP contribution < -0.4 is 10.6 Å². The molecular formula is C20H46N2O6. The number of Topliss-reactive ketones (excluding diaryl/α,β-unsaturated/α-hetero) is 1. The Balaban J connectivity index is -0.000000817. The molecule has 8 nitrogen and oxygen atoms in total. The van der Waals surface area contributed by atoms with Crippen molar-refractivity contribution in [2.24, 2.45) is 5.92 Å². The molecule has 0 bridgehead atoms. The van der Waals surface area contributed by atoms with Crippen molar-refractivity contribution >= 4 is 11.8 Å². The fourth-order valence-corrected chi connectivity index (χ4v) is 1.76. The second kappa shape index (κ2) is 22.1. The van der Waals surface area contributed by atoms with Crippen LogP contribution in [-0.2, 0) is 23.7 Å². The average Bonchev–Trinajstić information content (AvgIpc) is 2.66. The van der Waals surface area contributed by atoms with Crippen molar-refractivity contribution < 1.29 is 31.4 Å². The fourth-order valence-electron chi connectivity index (χ4n) is 1.76. The van der Waals surface area contributed by atoms with E-state index in [2.05, 4.69) is 10.6 Å². The van der Waals surface area contributed by atoms with Gasteiger partial charge >= 0.3 is 6.03 Å². The molecule has 0 saturated heterocycles. The quantitative estimate of drug-likeness (QED) is 0.358. The van der Waals surface area contributed by atoms with Crippen LogP contribution in [0, 0.1) is 5.92 Å². The van der Waals surface area contributed by atoms with Gasteiger partial charge in [0.25, 0.3) is 0 Å². The van der Waals surface area contributed by atoms with Crippen molar-refractivity contribution in [3.63, 3.8) is 0 Å². The second-order valence-corrected chi connectivity index (χ2v) is 6.31. The van der Waals surface area contributed by atoms with Crippen LogP contribution in [-0.4, -0.2) is 77.3 Å². The van der Waals surface area contributed by atoms with Crippen molar-refractivity contribution in [1.29, 1.82) is 0 Å². The van der Waals surface area contributed by atoms with Crippen LogP contribution in [0.4, 0.5) is 4.79 Å². The Kier molecular flexibility index (Phi) is 22.8. The Morgan fingerprint density at radius 2 is 1.21 bits per heavy atom. The number of carbonyl (C=O) groups excluding carboxylic acids is 2. The van der Waals surface area contributed by atoms with Gasteiger partial charge in [0.15, 0.2) is 0 Å². The molecule has 2 amide bonds. The Morgan fingerprint density at radius 3 is 1.68 bits per heavy atom. The standard InChI is InChI=1S/C18H36N2O6.C2H6.2H2/c1-15(2)17(21)5-8-23-11-12-24-9-6-19-18(22)20-7-10-25-13-14-26-16(3)4;1-2;;/h15-16H,5-14H2,1-4H3,(H2,19,20,22);1-2H3;2*1H. The zero-order valence-electron chi connectivity index (χ0n) is 18.7. The third-order valence-corrected chi connectivity index (χ3v) is 3.25. The molecule has 8 heteroatoms. The summed E-state index contributed by atoms with van der Waals surface area (Å²) >= 11 is 0. The molecule has 0 fully saturated rings. The molecule has 2 N–H and O–H groups in total. The van der Waals surface area contributed by atoms with Gasteiger partial charge in [-0.05, 0) is 13.8 Å². The number of amides is 2. The highest BCUT2D eigenvalue weighted by atomic mass is 16.5. The molecule has 0 spiro atoms. The minimum Gasteiger partial charge on any atom is -0.379 e. The van der Waals surface area contributed by atoms with Crippen molar-refractivity contribution in [3.05, 3.63) is 0 Å². The van der Waals surface area contributed by atoms with E-state index in [1.165, 1.54) is 0 Å². The highest BCUT2D eigenvalue weighted by Crippen LogP contribution is 1.98. The minimum absolute atomic E-state index is 0. The largest absolute Gasteiger partial charge is 0.379 e. The second-order valence-electron chi connectivity index (χ2n) is 6.31. The first-order valence-electron chi connectivity index (χ1n) is 10.3. The third kappa shape index (κ3) is 22.8. The first kappa shape index (κ1) is 29.0. The van der Waals surface area contributed by atoms with Gasteiger partial charge < -0.3 is 29.6 Å². The molecule has 0 aromatic heterocycles. The molecule has 0 aromatic rings. The molecule has 0 saturated carbocycles. The maximum atomic E-state index is 11.5. The highest BCUT2D eigenvalue weighted by molar-refractivity contribution is 5.80. The summed E-state index contributed by atoms with van der Waals surface area (Å²) in [6, 6.07) is -0.251. The van der Waals surface area contributed by atoms with Crippen LogP contribution in [0.3, 0.4) is 0 Å². The van der Waals surface area contributed by atoms with Crippen LogP contribution in [0.15, 0.2) is 0 Å². The van der Waals surface area contributed by atoms with E-state index in [-0.39, 0.29) is 26.7 Å². The lowest BCUT2D eigenvalue weighted by atomic mass is 10.1. The zero-order chi connectivity index (χ0) is 21.6. The first-order chi connectivity index (χ1) is 13.4. The van der Waals surface area contributed by atoms with E-state index in [1.54, 1.807) is 0 Å². The van der Waals surface area contributed by atoms with Crippen molar-refractivity contribution in [2.75, 3.05) is 59.3 Å². The maximum Gasteiger partial charge on any atom is 0.314 e.